The standard InChI is InChI=1S/C2H3.3HI.Sn/c1-2;;;;/h1H,2H2;3*1H;/q;;;;+3/p-3. The van der Waals surface area contributed by atoms with E-state index in [1.807, 2.05) is 0 Å². The Morgan fingerprint density at radius 1 is 1.33 bits per heavy atom. The van der Waals surface area contributed by atoms with E-state index in [0.717, 1.165) is 0 Å². The summed E-state index contributed by atoms with van der Waals surface area (Å²) in [5.41, 5.74) is 0. The fourth-order valence-electron chi connectivity index (χ4n) is 0. The van der Waals surface area contributed by atoms with Gasteiger partial charge in [-0.2, -0.15) is 0 Å². The van der Waals surface area contributed by atoms with Crippen LogP contribution in [0.25, 0.3) is 0 Å². The second-order valence-corrected chi connectivity index (χ2v) is 80.8. The van der Waals surface area contributed by atoms with Crippen LogP contribution in [0.2, 0.25) is 0 Å². The summed E-state index contributed by atoms with van der Waals surface area (Å²) in [6.45, 7) is 2.14. The summed E-state index contributed by atoms with van der Waals surface area (Å²) in [7, 11) is 0. The van der Waals surface area contributed by atoms with Gasteiger partial charge >= 0.3 is 73.0 Å². The van der Waals surface area contributed by atoms with Gasteiger partial charge in [0.1, 0.15) is 0 Å². The maximum atomic E-state index is 3.70. The molecule has 0 nitrogen and oxygen atoms in total. The van der Waals surface area contributed by atoms with Crippen LogP contribution in [-0.2, 0) is 0 Å². The molecule has 0 aliphatic rings. The summed E-state index contributed by atoms with van der Waals surface area (Å²) in [6.07, 6.45) is 0. The maximum absolute atomic E-state index is 3.70. The van der Waals surface area contributed by atoms with Gasteiger partial charge < -0.3 is 0 Å². The van der Waals surface area contributed by atoms with Crippen LogP contribution >= 0.6 is 55.9 Å². The van der Waals surface area contributed by atoms with E-state index < -0.39 is 6.47 Å². The van der Waals surface area contributed by atoms with Crippen molar-refractivity contribution in [3.63, 3.8) is 0 Å². The third-order valence-electron chi connectivity index (χ3n) is 0.231. The Morgan fingerprint density at radius 3 is 1.50 bits per heavy atom. The average Bonchev–Trinajstić information content (AvgIpc) is 1.35. The molecule has 36 valence electrons. The number of rotatable bonds is 1. The normalized spacial score (nSPS) is 11.2. The van der Waals surface area contributed by atoms with E-state index in [0.29, 0.717) is 0 Å². The monoisotopic (exact) mass is 528 g/mol. The van der Waals surface area contributed by atoms with Crippen molar-refractivity contribution < 1.29 is 0 Å². The molecule has 0 unspecified atom stereocenters. The van der Waals surface area contributed by atoms with Crippen molar-refractivity contribution >= 4 is 62.4 Å². The molecule has 0 saturated carbocycles. The minimum absolute atomic E-state index is 1.56. The Kier molecular flexibility index (Phi) is 5.38. The molecule has 0 spiro atoms. The molecule has 0 radical (unpaired) electrons. The molecule has 0 amide bonds. The Balaban J connectivity index is 3.45. The van der Waals surface area contributed by atoms with Crippen molar-refractivity contribution in [2.24, 2.45) is 0 Å². The summed E-state index contributed by atoms with van der Waals surface area (Å²) in [6, 6.07) is 0. The van der Waals surface area contributed by atoms with Gasteiger partial charge in [-0.05, 0) is 0 Å². The zero-order chi connectivity index (χ0) is 5.21. The van der Waals surface area contributed by atoms with Crippen molar-refractivity contribution in [2.45, 2.75) is 0 Å². The zero-order valence-electron chi connectivity index (χ0n) is 2.92. The summed E-state index contributed by atoms with van der Waals surface area (Å²) in [5.74, 6) is 0. The fourth-order valence-corrected chi connectivity index (χ4v) is 0. The van der Waals surface area contributed by atoms with Crippen LogP contribution in [0.3, 0.4) is 0 Å². The first-order valence-corrected chi connectivity index (χ1v) is 27.9. The van der Waals surface area contributed by atoms with E-state index >= 15 is 0 Å². The Hall–Kier alpha value is 2.73. The third-order valence-corrected chi connectivity index (χ3v) is 10.4. The molecule has 0 aromatic carbocycles. The summed E-state index contributed by atoms with van der Waals surface area (Å²) in [4.78, 5) is 0. The van der Waals surface area contributed by atoms with Crippen molar-refractivity contribution in [3.8, 4) is 0 Å². The number of hydrogen-bond acceptors (Lipinski definition) is 0. The molecule has 0 heterocycles. The van der Waals surface area contributed by atoms with Crippen LogP contribution < -0.4 is 0 Å². The Morgan fingerprint density at radius 2 is 1.50 bits per heavy atom. The van der Waals surface area contributed by atoms with E-state index in [-0.39, 0.29) is 0 Å². The number of halogens is 3. The van der Waals surface area contributed by atoms with Crippen LogP contribution in [-0.4, -0.2) is 6.47 Å². The molecular weight excluding hydrogens is 523 g/mol. The van der Waals surface area contributed by atoms with Gasteiger partial charge in [-0.25, -0.2) is 0 Å². The molecule has 0 aromatic rings. The first-order chi connectivity index (χ1) is 2.56. The quantitative estimate of drug-likeness (QED) is 0.364. The van der Waals surface area contributed by atoms with Gasteiger partial charge in [0, 0.05) is 0 Å². The van der Waals surface area contributed by atoms with E-state index in [9.17, 15) is 0 Å². The average molecular weight is 526 g/mol. The fraction of sp³-hybridized carbons (Fsp3) is 0. The Bertz CT molecular complexity index is 54.3. The molecule has 4 heteroatoms. The van der Waals surface area contributed by atoms with Crippen LogP contribution in [0.5, 0.6) is 0 Å². The molecule has 0 atom stereocenters. The van der Waals surface area contributed by atoms with Gasteiger partial charge in [0.25, 0.3) is 0 Å². The van der Waals surface area contributed by atoms with Gasteiger partial charge in [-0.3, -0.25) is 0 Å². The molecule has 0 aromatic heterocycles. The topological polar surface area (TPSA) is 0 Å². The Labute approximate surface area is 71.0 Å². The summed E-state index contributed by atoms with van der Waals surface area (Å²) < 4.78 is 2.11. The predicted octanol–water partition coefficient (Wildman–Crippen LogP) is 2.96. The van der Waals surface area contributed by atoms with Gasteiger partial charge in [-0.15, -0.1) is 0 Å². The SMILES string of the molecule is C=[CH][Sn]([I])([I])[I]. The van der Waals surface area contributed by atoms with Crippen LogP contribution in [0.15, 0.2) is 10.7 Å². The molecule has 0 aliphatic carbocycles. The van der Waals surface area contributed by atoms with Crippen LogP contribution in [0, 0.1) is 0 Å². The first-order valence-electron chi connectivity index (χ1n) is 1.26. The van der Waals surface area contributed by atoms with Crippen molar-refractivity contribution in [1.29, 1.82) is 0 Å². The summed E-state index contributed by atoms with van der Waals surface area (Å²) >= 11 is 7.52. The third kappa shape index (κ3) is 6.73. The van der Waals surface area contributed by atoms with E-state index in [1.54, 1.807) is 0 Å². The van der Waals surface area contributed by atoms with Crippen molar-refractivity contribution in [3.05, 3.63) is 10.7 Å². The van der Waals surface area contributed by atoms with Gasteiger partial charge in [0.15, 0.2) is 0 Å². The molecule has 0 N–H and O–H groups in total. The molecular formula is C2H3I3Sn. The second-order valence-electron chi connectivity index (χ2n) is 0.746. The van der Waals surface area contributed by atoms with E-state index in [2.05, 4.69) is 66.6 Å². The van der Waals surface area contributed by atoms with Crippen LogP contribution in [0.4, 0.5) is 0 Å². The molecule has 6 heavy (non-hydrogen) atoms. The van der Waals surface area contributed by atoms with E-state index in [1.165, 1.54) is 0 Å². The predicted molar refractivity (Wildman–Crippen MR) is 58.0 cm³/mol. The number of hydrogen-bond donors (Lipinski definition) is 0. The minimum atomic E-state index is -1.56. The molecule has 0 bridgehead atoms. The molecule has 0 saturated heterocycles. The first kappa shape index (κ1) is 8.73. The zero-order valence-corrected chi connectivity index (χ0v) is 12.2. The van der Waals surface area contributed by atoms with Gasteiger partial charge in [0.05, 0.1) is 0 Å². The van der Waals surface area contributed by atoms with Crippen molar-refractivity contribution in [2.75, 3.05) is 0 Å². The second kappa shape index (κ2) is 3.70. The summed E-state index contributed by atoms with van der Waals surface area (Å²) in [5, 5.41) is 0. The molecule has 0 fully saturated rings. The van der Waals surface area contributed by atoms with Gasteiger partial charge in [0.2, 0.25) is 0 Å². The van der Waals surface area contributed by atoms with Gasteiger partial charge in [-0.1, -0.05) is 0 Å². The molecule has 0 aliphatic heterocycles. The molecule has 0 rings (SSSR count). The van der Waals surface area contributed by atoms with E-state index in [4.69, 9.17) is 0 Å². The van der Waals surface area contributed by atoms with Crippen molar-refractivity contribution in [1.82, 2.24) is 0 Å². The van der Waals surface area contributed by atoms with Crippen LogP contribution in [0.1, 0.15) is 0 Å².